The van der Waals surface area contributed by atoms with E-state index in [0.717, 1.165) is 11.3 Å². The van der Waals surface area contributed by atoms with Gasteiger partial charge in [-0.15, -0.1) is 0 Å². The van der Waals surface area contributed by atoms with Crippen LogP contribution in [0, 0.1) is 0 Å². The van der Waals surface area contributed by atoms with Crippen LogP contribution in [-0.2, 0) is 10.0 Å². The van der Waals surface area contributed by atoms with Gasteiger partial charge in [-0.2, -0.15) is 0 Å². The Morgan fingerprint density at radius 1 is 0.917 bits per heavy atom. The van der Waals surface area contributed by atoms with Crippen LogP contribution in [0.2, 0.25) is 0 Å². The zero-order valence-electron chi connectivity index (χ0n) is 13.9. The molecule has 0 unspecified atom stereocenters. The van der Waals surface area contributed by atoms with Gasteiger partial charge >= 0.3 is 0 Å². The molecular weight excluding hydrogens is 328 g/mol. The molecule has 0 aliphatic carbocycles. The highest BCUT2D eigenvalue weighted by Gasteiger charge is 2.22. The van der Waals surface area contributed by atoms with Crippen molar-refractivity contribution in [2.75, 3.05) is 14.2 Å². The maximum absolute atomic E-state index is 12.5. The summed E-state index contributed by atoms with van der Waals surface area (Å²) in [7, 11) is -0.551. The third-order valence-electron chi connectivity index (χ3n) is 3.75. The van der Waals surface area contributed by atoms with E-state index in [-0.39, 0.29) is 4.90 Å². The van der Waals surface area contributed by atoms with Crippen molar-refractivity contribution in [1.82, 2.24) is 4.72 Å². The quantitative estimate of drug-likeness (QED) is 0.798. The summed E-state index contributed by atoms with van der Waals surface area (Å²) in [5.41, 5.74) is 6.99. The van der Waals surface area contributed by atoms with Gasteiger partial charge in [0.15, 0.2) is 0 Å². The van der Waals surface area contributed by atoms with Crippen LogP contribution in [0.3, 0.4) is 0 Å². The highest BCUT2D eigenvalue weighted by Crippen LogP contribution is 2.21. The van der Waals surface area contributed by atoms with Gasteiger partial charge in [0.05, 0.1) is 19.1 Å². The Morgan fingerprint density at radius 3 is 1.83 bits per heavy atom. The average molecular weight is 350 g/mol. The molecule has 24 heavy (non-hydrogen) atoms. The van der Waals surface area contributed by atoms with Crippen molar-refractivity contribution < 1.29 is 17.9 Å². The fraction of sp³-hybridized carbons (Fsp3) is 0.294. The number of rotatable bonds is 7. The Labute approximate surface area is 142 Å². The predicted molar refractivity (Wildman–Crippen MR) is 92.7 cm³/mol. The van der Waals surface area contributed by atoms with Gasteiger partial charge in [0, 0.05) is 12.1 Å². The zero-order chi connectivity index (χ0) is 17.7. The van der Waals surface area contributed by atoms with Gasteiger partial charge in [-0.1, -0.05) is 12.1 Å². The van der Waals surface area contributed by atoms with Gasteiger partial charge in [-0.25, -0.2) is 13.1 Å². The molecule has 2 atom stereocenters. The molecule has 0 aromatic heterocycles. The maximum atomic E-state index is 12.5. The van der Waals surface area contributed by atoms with Crippen molar-refractivity contribution >= 4 is 10.0 Å². The minimum atomic E-state index is -3.66. The number of hydrogen-bond acceptors (Lipinski definition) is 5. The summed E-state index contributed by atoms with van der Waals surface area (Å²) in [5, 5.41) is 0. The van der Waals surface area contributed by atoms with Crippen molar-refractivity contribution in [3.63, 3.8) is 0 Å². The van der Waals surface area contributed by atoms with E-state index >= 15 is 0 Å². The van der Waals surface area contributed by atoms with E-state index in [1.807, 2.05) is 12.1 Å². The molecule has 2 aromatic rings. The number of ether oxygens (including phenoxy) is 2. The molecule has 0 saturated heterocycles. The Bertz CT molecular complexity index is 758. The van der Waals surface area contributed by atoms with E-state index in [2.05, 4.69) is 4.72 Å². The smallest absolute Gasteiger partial charge is 0.240 e. The van der Waals surface area contributed by atoms with Gasteiger partial charge in [0.2, 0.25) is 10.0 Å². The Kier molecular flexibility index (Phi) is 5.82. The standard InChI is InChI=1S/C17H22N2O4S/c1-12(17(18)13-4-6-14(22-2)7-5-13)19-24(20,21)16-10-8-15(23-3)9-11-16/h4-12,17,19H,18H2,1-3H3/t12-,17+/m1/s1. The normalized spacial score (nSPS) is 14.0. The second-order valence-corrected chi connectivity index (χ2v) is 7.10. The van der Waals surface area contributed by atoms with Crippen LogP contribution in [-0.4, -0.2) is 28.7 Å². The van der Waals surface area contributed by atoms with Crippen LogP contribution in [0.15, 0.2) is 53.4 Å². The van der Waals surface area contributed by atoms with E-state index in [1.165, 1.54) is 19.2 Å². The number of hydrogen-bond donors (Lipinski definition) is 2. The van der Waals surface area contributed by atoms with E-state index in [9.17, 15) is 8.42 Å². The SMILES string of the molecule is COc1ccc([C@@H](N)[C@@H](C)NS(=O)(=O)c2ccc(OC)cc2)cc1. The lowest BCUT2D eigenvalue weighted by molar-refractivity contribution is 0.414. The molecule has 0 spiro atoms. The van der Waals surface area contributed by atoms with E-state index in [0.29, 0.717) is 5.75 Å². The first kappa shape index (κ1) is 18.3. The van der Waals surface area contributed by atoms with E-state index < -0.39 is 22.1 Å². The average Bonchev–Trinajstić information content (AvgIpc) is 2.60. The fourth-order valence-corrected chi connectivity index (χ4v) is 3.52. The number of sulfonamides is 1. The van der Waals surface area contributed by atoms with Gasteiger partial charge in [-0.3, -0.25) is 0 Å². The Balaban J connectivity index is 2.11. The van der Waals surface area contributed by atoms with Crippen molar-refractivity contribution in [2.45, 2.75) is 23.9 Å². The second-order valence-electron chi connectivity index (χ2n) is 5.38. The van der Waals surface area contributed by atoms with Crippen molar-refractivity contribution in [3.05, 3.63) is 54.1 Å². The molecule has 0 aliphatic rings. The first-order chi connectivity index (χ1) is 11.4. The maximum Gasteiger partial charge on any atom is 0.240 e. The van der Waals surface area contributed by atoms with Crippen molar-refractivity contribution in [3.8, 4) is 11.5 Å². The summed E-state index contributed by atoms with van der Waals surface area (Å²) < 4.78 is 37.7. The summed E-state index contributed by atoms with van der Waals surface area (Å²) in [5.74, 6) is 1.31. The molecule has 7 heteroatoms. The fourth-order valence-electron chi connectivity index (χ4n) is 2.26. The first-order valence-corrected chi connectivity index (χ1v) is 8.91. The van der Waals surface area contributed by atoms with Crippen LogP contribution in [0.5, 0.6) is 11.5 Å². The molecule has 2 aromatic carbocycles. The van der Waals surface area contributed by atoms with Crippen LogP contribution in [0.25, 0.3) is 0 Å². The lowest BCUT2D eigenvalue weighted by atomic mass is 10.0. The predicted octanol–water partition coefficient (Wildman–Crippen LogP) is 2.07. The van der Waals surface area contributed by atoms with Crippen molar-refractivity contribution in [1.29, 1.82) is 0 Å². The molecule has 2 rings (SSSR count). The van der Waals surface area contributed by atoms with Gasteiger partial charge in [0.25, 0.3) is 0 Å². The molecule has 3 N–H and O–H groups in total. The molecule has 0 amide bonds. The van der Waals surface area contributed by atoms with Crippen LogP contribution < -0.4 is 19.9 Å². The largest absolute Gasteiger partial charge is 0.497 e. The van der Waals surface area contributed by atoms with Crippen molar-refractivity contribution in [2.24, 2.45) is 5.73 Å². The number of methoxy groups -OCH3 is 2. The highest BCUT2D eigenvalue weighted by atomic mass is 32.2. The topological polar surface area (TPSA) is 90.6 Å². The minimum absolute atomic E-state index is 0.164. The number of nitrogens with two attached hydrogens (primary N) is 1. The third-order valence-corrected chi connectivity index (χ3v) is 5.33. The summed E-state index contributed by atoms with van der Waals surface area (Å²) in [6.07, 6.45) is 0. The van der Waals surface area contributed by atoms with Crippen LogP contribution >= 0.6 is 0 Å². The zero-order valence-corrected chi connectivity index (χ0v) is 14.7. The number of benzene rings is 2. The molecule has 6 nitrogen and oxygen atoms in total. The molecule has 0 radical (unpaired) electrons. The van der Waals surface area contributed by atoms with Crippen LogP contribution in [0.4, 0.5) is 0 Å². The van der Waals surface area contributed by atoms with Crippen LogP contribution in [0.1, 0.15) is 18.5 Å². The second kappa shape index (κ2) is 7.65. The molecule has 0 aliphatic heterocycles. The summed E-state index contributed by atoms with van der Waals surface area (Å²) in [6.45, 7) is 1.73. The lowest BCUT2D eigenvalue weighted by Gasteiger charge is -2.22. The first-order valence-electron chi connectivity index (χ1n) is 7.43. The Hall–Kier alpha value is -2.09. The third kappa shape index (κ3) is 4.25. The molecule has 0 bridgehead atoms. The molecular formula is C17H22N2O4S. The molecule has 130 valence electrons. The van der Waals surface area contributed by atoms with Gasteiger partial charge in [-0.05, 0) is 48.9 Å². The number of nitrogens with one attached hydrogen (secondary N) is 1. The Morgan fingerprint density at radius 2 is 1.38 bits per heavy atom. The molecule has 0 saturated carbocycles. The molecule has 0 heterocycles. The van der Waals surface area contributed by atoms with E-state index in [4.69, 9.17) is 15.2 Å². The van der Waals surface area contributed by atoms with Gasteiger partial charge < -0.3 is 15.2 Å². The minimum Gasteiger partial charge on any atom is -0.497 e. The summed E-state index contributed by atoms with van der Waals surface area (Å²) >= 11 is 0. The summed E-state index contributed by atoms with van der Waals surface area (Å²) in [4.78, 5) is 0.164. The monoisotopic (exact) mass is 350 g/mol. The highest BCUT2D eigenvalue weighted by molar-refractivity contribution is 7.89. The van der Waals surface area contributed by atoms with E-state index in [1.54, 1.807) is 38.3 Å². The summed E-state index contributed by atoms with van der Waals surface area (Å²) in [6, 6.07) is 12.4. The lowest BCUT2D eigenvalue weighted by Crippen LogP contribution is -2.40. The van der Waals surface area contributed by atoms with Gasteiger partial charge in [0.1, 0.15) is 11.5 Å². The molecule has 0 fully saturated rings.